The van der Waals surface area contributed by atoms with Crippen LogP contribution >= 0.6 is 0 Å². The smallest absolute Gasteiger partial charge is 0.222 e. The highest BCUT2D eigenvalue weighted by Gasteiger charge is 2.24. The molecular weight excluding hydrogens is 248 g/mol. The van der Waals surface area contributed by atoms with Gasteiger partial charge in [0.25, 0.3) is 0 Å². The Bertz CT molecular complexity index is 288. The van der Waals surface area contributed by atoms with E-state index in [1.165, 1.54) is 0 Å². The molecule has 0 saturated carbocycles. The van der Waals surface area contributed by atoms with Crippen molar-refractivity contribution in [3.63, 3.8) is 0 Å². The minimum absolute atomic E-state index is 0.318. The van der Waals surface area contributed by atoms with Gasteiger partial charge in [0.15, 0.2) is 0 Å². The van der Waals surface area contributed by atoms with Crippen molar-refractivity contribution in [2.75, 3.05) is 26.2 Å². The topological polar surface area (TPSA) is 32.3 Å². The van der Waals surface area contributed by atoms with Crippen molar-refractivity contribution >= 4 is 5.91 Å². The molecular formula is C17H34N2O. The van der Waals surface area contributed by atoms with Gasteiger partial charge in [0.2, 0.25) is 5.91 Å². The van der Waals surface area contributed by atoms with E-state index >= 15 is 0 Å². The second-order valence-corrected chi connectivity index (χ2v) is 7.71. The Morgan fingerprint density at radius 2 is 1.90 bits per heavy atom. The molecule has 0 aromatic rings. The number of rotatable bonds is 6. The molecule has 0 radical (unpaired) electrons. The number of carbonyl (C=O) groups is 1. The largest absolute Gasteiger partial charge is 0.343 e. The highest BCUT2D eigenvalue weighted by molar-refractivity contribution is 5.76. The summed E-state index contributed by atoms with van der Waals surface area (Å²) in [6, 6.07) is 0. The van der Waals surface area contributed by atoms with E-state index in [4.69, 9.17) is 0 Å². The van der Waals surface area contributed by atoms with Crippen LogP contribution in [0.25, 0.3) is 0 Å². The van der Waals surface area contributed by atoms with Crippen LogP contribution in [0.15, 0.2) is 0 Å². The van der Waals surface area contributed by atoms with Gasteiger partial charge in [-0.3, -0.25) is 4.79 Å². The van der Waals surface area contributed by atoms with E-state index in [0.717, 1.165) is 57.8 Å². The molecule has 0 bridgehead atoms. The molecule has 1 heterocycles. The molecule has 3 heteroatoms. The SMILES string of the molecule is CCNCC1CCN(C(=O)CC(C)CC(C)(C)C)CC1. The summed E-state index contributed by atoms with van der Waals surface area (Å²) in [5.74, 6) is 1.61. The molecule has 1 aliphatic heterocycles. The molecule has 1 N–H and O–H groups in total. The molecule has 1 amide bonds. The molecule has 1 atom stereocenters. The maximum atomic E-state index is 12.3. The lowest BCUT2D eigenvalue weighted by Gasteiger charge is -2.33. The van der Waals surface area contributed by atoms with Crippen molar-refractivity contribution in [1.29, 1.82) is 0 Å². The average Bonchev–Trinajstić information content (AvgIpc) is 2.34. The third-order valence-corrected chi connectivity index (χ3v) is 4.13. The van der Waals surface area contributed by atoms with Crippen LogP contribution in [0.1, 0.15) is 60.3 Å². The molecule has 3 nitrogen and oxygen atoms in total. The van der Waals surface area contributed by atoms with Crippen LogP contribution < -0.4 is 5.32 Å². The monoisotopic (exact) mass is 282 g/mol. The van der Waals surface area contributed by atoms with Gasteiger partial charge in [0, 0.05) is 19.5 Å². The van der Waals surface area contributed by atoms with Gasteiger partial charge in [-0.05, 0) is 49.6 Å². The van der Waals surface area contributed by atoms with Gasteiger partial charge in [0.05, 0.1) is 0 Å². The summed E-state index contributed by atoms with van der Waals surface area (Å²) in [4.78, 5) is 14.4. The lowest BCUT2D eigenvalue weighted by atomic mass is 9.84. The van der Waals surface area contributed by atoms with E-state index in [0.29, 0.717) is 17.2 Å². The lowest BCUT2D eigenvalue weighted by molar-refractivity contribution is -0.133. The van der Waals surface area contributed by atoms with Gasteiger partial charge in [-0.15, -0.1) is 0 Å². The predicted molar refractivity (Wildman–Crippen MR) is 85.7 cm³/mol. The molecule has 1 aliphatic rings. The van der Waals surface area contributed by atoms with Crippen molar-refractivity contribution in [3.8, 4) is 0 Å². The normalized spacial score (nSPS) is 19.1. The quantitative estimate of drug-likeness (QED) is 0.810. The fraction of sp³-hybridized carbons (Fsp3) is 0.941. The zero-order valence-corrected chi connectivity index (χ0v) is 14.2. The highest BCUT2D eigenvalue weighted by Crippen LogP contribution is 2.27. The first-order chi connectivity index (χ1) is 9.31. The van der Waals surface area contributed by atoms with Gasteiger partial charge < -0.3 is 10.2 Å². The molecule has 0 aromatic carbocycles. The summed E-state index contributed by atoms with van der Waals surface area (Å²) in [5, 5.41) is 3.42. The fourth-order valence-electron chi connectivity index (χ4n) is 3.28. The van der Waals surface area contributed by atoms with Crippen molar-refractivity contribution in [2.45, 2.75) is 60.3 Å². The van der Waals surface area contributed by atoms with Gasteiger partial charge in [-0.2, -0.15) is 0 Å². The Labute approximate surface area is 125 Å². The second kappa shape index (κ2) is 8.02. The van der Waals surface area contributed by atoms with E-state index in [1.807, 2.05) is 0 Å². The van der Waals surface area contributed by atoms with Crippen LogP contribution in [0.3, 0.4) is 0 Å². The minimum Gasteiger partial charge on any atom is -0.343 e. The van der Waals surface area contributed by atoms with Crippen LogP contribution in [-0.2, 0) is 4.79 Å². The Kier molecular flexibility index (Phi) is 7.01. The summed E-state index contributed by atoms with van der Waals surface area (Å²) >= 11 is 0. The van der Waals surface area contributed by atoms with Crippen LogP contribution in [0.2, 0.25) is 0 Å². The Morgan fingerprint density at radius 3 is 2.40 bits per heavy atom. The molecule has 20 heavy (non-hydrogen) atoms. The van der Waals surface area contributed by atoms with Crippen molar-refractivity contribution < 1.29 is 4.79 Å². The molecule has 1 saturated heterocycles. The Morgan fingerprint density at radius 1 is 1.30 bits per heavy atom. The van der Waals surface area contributed by atoms with Gasteiger partial charge in [0.1, 0.15) is 0 Å². The minimum atomic E-state index is 0.318. The number of piperidine rings is 1. The van der Waals surface area contributed by atoms with Crippen LogP contribution in [0.4, 0.5) is 0 Å². The molecule has 118 valence electrons. The highest BCUT2D eigenvalue weighted by atomic mass is 16.2. The maximum Gasteiger partial charge on any atom is 0.222 e. The van der Waals surface area contributed by atoms with Crippen molar-refractivity contribution in [1.82, 2.24) is 10.2 Å². The number of amides is 1. The first kappa shape index (κ1) is 17.5. The third-order valence-electron chi connectivity index (χ3n) is 4.13. The summed E-state index contributed by atoms with van der Waals surface area (Å²) in [7, 11) is 0. The lowest BCUT2D eigenvalue weighted by Crippen LogP contribution is -2.41. The van der Waals surface area contributed by atoms with Crippen molar-refractivity contribution in [3.05, 3.63) is 0 Å². The summed E-state index contributed by atoms with van der Waals surface area (Å²) < 4.78 is 0. The summed E-state index contributed by atoms with van der Waals surface area (Å²) in [6.45, 7) is 15.2. The Hall–Kier alpha value is -0.570. The zero-order chi connectivity index (χ0) is 15.2. The van der Waals surface area contributed by atoms with E-state index in [1.54, 1.807) is 0 Å². The Balaban J connectivity index is 2.28. The molecule has 0 aromatic heterocycles. The number of likely N-dealkylation sites (tertiary alicyclic amines) is 1. The van der Waals surface area contributed by atoms with E-state index < -0.39 is 0 Å². The van der Waals surface area contributed by atoms with Gasteiger partial charge >= 0.3 is 0 Å². The van der Waals surface area contributed by atoms with Gasteiger partial charge in [-0.25, -0.2) is 0 Å². The first-order valence-corrected chi connectivity index (χ1v) is 8.30. The number of nitrogens with zero attached hydrogens (tertiary/aromatic N) is 1. The van der Waals surface area contributed by atoms with Gasteiger partial charge in [-0.1, -0.05) is 34.6 Å². The summed E-state index contributed by atoms with van der Waals surface area (Å²) in [6.07, 6.45) is 4.16. The predicted octanol–water partition coefficient (Wildman–Crippen LogP) is 3.30. The van der Waals surface area contributed by atoms with Crippen molar-refractivity contribution in [2.24, 2.45) is 17.3 Å². The van der Waals surface area contributed by atoms with E-state index in [2.05, 4.69) is 44.8 Å². The zero-order valence-electron chi connectivity index (χ0n) is 14.2. The van der Waals surface area contributed by atoms with Crippen LogP contribution in [-0.4, -0.2) is 37.0 Å². The third kappa shape index (κ3) is 6.74. The maximum absolute atomic E-state index is 12.3. The first-order valence-electron chi connectivity index (χ1n) is 8.30. The van der Waals surface area contributed by atoms with E-state index in [9.17, 15) is 4.79 Å². The molecule has 0 spiro atoms. The number of carbonyl (C=O) groups excluding carboxylic acids is 1. The standard InChI is InChI=1S/C17H34N2O/c1-6-18-13-15-7-9-19(10-8-15)16(20)11-14(2)12-17(3,4)5/h14-15,18H,6-13H2,1-5H3. The molecule has 1 rings (SSSR count). The number of hydrogen-bond donors (Lipinski definition) is 1. The average molecular weight is 282 g/mol. The molecule has 1 fully saturated rings. The number of hydrogen-bond acceptors (Lipinski definition) is 2. The second-order valence-electron chi connectivity index (χ2n) is 7.71. The number of nitrogens with one attached hydrogen (secondary N) is 1. The molecule has 0 aliphatic carbocycles. The fourth-order valence-corrected chi connectivity index (χ4v) is 3.28. The van der Waals surface area contributed by atoms with Crippen LogP contribution in [0.5, 0.6) is 0 Å². The summed E-state index contributed by atoms with van der Waals surface area (Å²) in [5.41, 5.74) is 0.318. The van der Waals surface area contributed by atoms with Crippen LogP contribution in [0, 0.1) is 17.3 Å². The molecule has 1 unspecified atom stereocenters. The van der Waals surface area contributed by atoms with E-state index in [-0.39, 0.29) is 0 Å².